The van der Waals surface area contributed by atoms with Gasteiger partial charge in [0.15, 0.2) is 5.78 Å². The van der Waals surface area contributed by atoms with Crippen LogP contribution in [0, 0.1) is 0 Å². The first-order valence-electron chi connectivity index (χ1n) is 9.69. The Kier molecular flexibility index (Phi) is 5.25. The van der Waals surface area contributed by atoms with E-state index in [-0.39, 0.29) is 5.78 Å². The number of benzene rings is 1. The van der Waals surface area contributed by atoms with Crippen molar-refractivity contribution in [1.29, 1.82) is 0 Å². The Morgan fingerprint density at radius 3 is 2.65 bits per heavy atom. The molecule has 1 aromatic carbocycles. The minimum absolute atomic E-state index is 0.175. The smallest absolute Gasteiger partial charge is 0.169 e. The van der Waals surface area contributed by atoms with Crippen LogP contribution in [-0.2, 0) is 19.4 Å². The van der Waals surface area contributed by atoms with Crippen LogP contribution in [0.25, 0.3) is 0 Å². The molecule has 2 aromatic rings. The van der Waals surface area contributed by atoms with Crippen molar-refractivity contribution in [2.24, 2.45) is 0 Å². The van der Waals surface area contributed by atoms with E-state index >= 15 is 0 Å². The Morgan fingerprint density at radius 2 is 2.00 bits per heavy atom. The molecule has 0 unspecified atom stereocenters. The summed E-state index contributed by atoms with van der Waals surface area (Å²) in [5.41, 5.74) is 4.36. The summed E-state index contributed by atoms with van der Waals surface area (Å²) in [6, 6.07) is 12.3. The van der Waals surface area contributed by atoms with Gasteiger partial charge in [-0.3, -0.25) is 14.6 Å². The molecule has 0 radical (unpaired) electrons. The number of hydrogen-bond donors (Lipinski definition) is 0. The number of rotatable bonds is 5. The molecular weight excluding hydrogens is 340 g/mol. The highest BCUT2D eigenvalue weighted by Gasteiger charge is 2.31. The van der Waals surface area contributed by atoms with E-state index in [2.05, 4.69) is 52.6 Å². The van der Waals surface area contributed by atoms with Gasteiger partial charge in [0.05, 0.1) is 4.88 Å². The van der Waals surface area contributed by atoms with Gasteiger partial charge in [0.1, 0.15) is 0 Å². The van der Waals surface area contributed by atoms with Crippen LogP contribution >= 0.6 is 11.3 Å². The average Bonchev–Trinajstić information content (AvgIpc) is 3.28. The van der Waals surface area contributed by atoms with Crippen LogP contribution in [-0.4, -0.2) is 47.8 Å². The Balaban J connectivity index is 1.36. The average molecular weight is 369 g/mol. The number of fused-ring (bicyclic) bond motifs is 1. The van der Waals surface area contributed by atoms with Crippen LogP contribution < -0.4 is 0 Å². The van der Waals surface area contributed by atoms with E-state index in [9.17, 15) is 4.79 Å². The molecule has 1 fully saturated rings. The van der Waals surface area contributed by atoms with E-state index in [4.69, 9.17) is 0 Å². The molecule has 0 saturated carbocycles. The highest BCUT2D eigenvalue weighted by atomic mass is 32.1. The second kappa shape index (κ2) is 7.63. The topological polar surface area (TPSA) is 23.6 Å². The van der Waals surface area contributed by atoms with E-state index < -0.39 is 0 Å². The molecule has 1 aliphatic heterocycles. The number of thiophene rings is 1. The highest BCUT2D eigenvalue weighted by molar-refractivity contribution is 7.12. The number of likely N-dealkylation sites (tertiary alicyclic amines) is 1. The summed E-state index contributed by atoms with van der Waals surface area (Å²) in [5.74, 6) is 0.175. The van der Waals surface area contributed by atoms with Gasteiger partial charge in [-0.2, -0.15) is 0 Å². The second-order valence-electron chi connectivity index (χ2n) is 7.91. The summed E-state index contributed by atoms with van der Waals surface area (Å²) >= 11 is 1.57. The van der Waals surface area contributed by atoms with Crippen molar-refractivity contribution in [3.05, 3.63) is 57.3 Å². The van der Waals surface area contributed by atoms with Gasteiger partial charge < -0.3 is 0 Å². The predicted octanol–water partition coefficient (Wildman–Crippen LogP) is 4.01. The first kappa shape index (κ1) is 17.9. The lowest BCUT2D eigenvalue weighted by Gasteiger charge is -2.40. The maximum atomic E-state index is 11.5. The quantitative estimate of drug-likeness (QED) is 0.745. The van der Waals surface area contributed by atoms with Gasteiger partial charge in [-0.25, -0.2) is 0 Å². The summed E-state index contributed by atoms with van der Waals surface area (Å²) in [5, 5.41) is 2.14. The van der Waals surface area contributed by atoms with Crippen molar-refractivity contribution < 1.29 is 4.79 Å². The van der Waals surface area contributed by atoms with Crippen molar-refractivity contribution >= 4 is 17.1 Å². The summed E-state index contributed by atoms with van der Waals surface area (Å²) in [7, 11) is 2.24. The summed E-state index contributed by atoms with van der Waals surface area (Å²) < 4.78 is 0. The molecule has 1 aromatic heterocycles. The fourth-order valence-corrected chi connectivity index (χ4v) is 5.34. The molecule has 3 nitrogen and oxygen atoms in total. The first-order chi connectivity index (χ1) is 12.6. The molecule has 2 aliphatic rings. The lowest BCUT2D eigenvalue weighted by molar-refractivity contribution is 0.0835. The third-order valence-electron chi connectivity index (χ3n) is 6.03. The van der Waals surface area contributed by atoms with Crippen LogP contribution in [0.4, 0.5) is 0 Å². The van der Waals surface area contributed by atoms with Crippen LogP contribution in [0.5, 0.6) is 0 Å². The van der Waals surface area contributed by atoms with E-state index in [1.54, 1.807) is 29.4 Å². The van der Waals surface area contributed by atoms with Gasteiger partial charge in [-0.15, -0.1) is 11.3 Å². The van der Waals surface area contributed by atoms with Gasteiger partial charge >= 0.3 is 0 Å². The summed E-state index contributed by atoms with van der Waals surface area (Å²) in [4.78, 5) is 17.6. The van der Waals surface area contributed by atoms with Gasteiger partial charge in [0, 0.05) is 25.2 Å². The Labute approximate surface area is 160 Å². The molecule has 26 heavy (non-hydrogen) atoms. The zero-order chi connectivity index (χ0) is 18.1. The number of nitrogens with zero attached hydrogens (tertiary/aromatic N) is 2. The van der Waals surface area contributed by atoms with Crippen molar-refractivity contribution in [2.45, 2.75) is 51.2 Å². The molecule has 2 heterocycles. The number of Topliss-reactive ketones (excluding diaryl/α,β-unsaturated/α-hetero) is 1. The van der Waals surface area contributed by atoms with E-state index in [0.717, 1.165) is 11.4 Å². The van der Waals surface area contributed by atoms with Crippen molar-refractivity contribution in [1.82, 2.24) is 9.80 Å². The maximum absolute atomic E-state index is 11.5. The molecule has 4 rings (SSSR count). The molecule has 0 amide bonds. The largest absolute Gasteiger partial charge is 0.298 e. The van der Waals surface area contributed by atoms with Crippen molar-refractivity contribution in [3.8, 4) is 0 Å². The predicted molar refractivity (Wildman–Crippen MR) is 108 cm³/mol. The lowest BCUT2D eigenvalue weighted by Crippen LogP contribution is -2.50. The minimum atomic E-state index is 0.175. The number of carbonyl (C=O) groups excluding carboxylic acids is 1. The number of ketones is 1. The van der Waals surface area contributed by atoms with Crippen LogP contribution in [0.1, 0.15) is 46.1 Å². The third-order valence-corrected chi connectivity index (χ3v) is 7.11. The molecule has 1 atom stereocenters. The molecule has 1 aliphatic carbocycles. The molecule has 1 saturated heterocycles. The lowest BCUT2D eigenvalue weighted by atomic mass is 10.0. The van der Waals surface area contributed by atoms with E-state index in [0.29, 0.717) is 12.1 Å². The Morgan fingerprint density at radius 1 is 1.27 bits per heavy atom. The zero-order valence-electron chi connectivity index (χ0n) is 15.8. The fraction of sp³-hybridized carbons (Fsp3) is 0.500. The van der Waals surface area contributed by atoms with E-state index in [1.807, 2.05) is 0 Å². The molecule has 0 bridgehead atoms. The van der Waals surface area contributed by atoms with Crippen LogP contribution in [0.2, 0.25) is 0 Å². The first-order valence-corrected chi connectivity index (χ1v) is 10.6. The second-order valence-corrected chi connectivity index (χ2v) is 8.82. The number of likely N-dealkylation sites (N-methyl/N-ethyl adjacent to an activating group) is 1. The maximum Gasteiger partial charge on any atom is 0.169 e. The van der Waals surface area contributed by atoms with Gasteiger partial charge in [0.2, 0.25) is 0 Å². The molecular formula is C22H28N2OS. The molecule has 4 heteroatoms. The Hall–Kier alpha value is -1.49. The Bertz CT molecular complexity index is 759. The van der Waals surface area contributed by atoms with Crippen LogP contribution in [0.15, 0.2) is 35.7 Å². The third kappa shape index (κ3) is 3.78. The molecule has 0 N–H and O–H groups in total. The SMILES string of the molecule is CC(=O)c1cc(CN(C)[C@@H]2CCCN(C3Cc4ccccc4C3)C2)cs1. The van der Waals surface area contributed by atoms with Gasteiger partial charge in [-0.1, -0.05) is 24.3 Å². The normalized spacial score (nSPS) is 21.3. The zero-order valence-corrected chi connectivity index (χ0v) is 16.6. The van der Waals surface area contributed by atoms with Crippen molar-refractivity contribution in [3.63, 3.8) is 0 Å². The van der Waals surface area contributed by atoms with Gasteiger partial charge in [-0.05, 0) is 74.3 Å². The monoisotopic (exact) mass is 368 g/mol. The van der Waals surface area contributed by atoms with Crippen molar-refractivity contribution in [2.75, 3.05) is 20.1 Å². The molecule has 0 spiro atoms. The number of piperidine rings is 1. The summed E-state index contributed by atoms with van der Waals surface area (Å²) in [6.45, 7) is 4.99. The number of carbonyl (C=O) groups is 1. The summed E-state index contributed by atoms with van der Waals surface area (Å²) in [6.07, 6.45) is 4.97. The minimum Gasteiger partial charge on any atom is -0.298 e. The highest BCUT2D eigenvalue weighted by Crippen LogP contribution is 2.28. The molecule has 138 valence electrons. The van der Waals surface area contributed by atoms with Crippen LogP contribution in [0.3, 0.4) is 0 Å². The fourth-order valence-electron chi connectivity index (χ4n) is 4.53. The van der Waals surface area contributed by atoms with E-state index in [1.165, 1.54) is 44.3 Å². The standard InChI is InChI=1S/C22H28N2OS/c1-16(25)22-10-17(15-26-22)13-23(2)20-8-5-9-24(14-20)21-11-18-6-3-4-7-19(18)12-21/h3-4,6-7,10,15,20-21H,5,8-9,11-14H2,1-2H3/t20-/m1/s1. The number of hydrogen-bond acceptors (Lipinski definition) is 4. The van der Waals surface area contributed by atoms with Gasteiger partial charge in [0.25, 0.3) is 0 Å².